The number of fused-ring (bicyclic) bond motifs is 1. The number of methoxy groups -OCH3 is 1. The van der Waals surface area contributed by atoms with Gasteiger partial charge in [-0.3, -0.25) is 9.69 Å². The third-order valence-corrected chi connectivity index (χ3v) is 7.00. The van der Waals surface area contributed by atoms with E-state index < -0.39 is 0 Å². The van der Waals surface area contributed by atoms with Crippen molar-refractivity contribution in [3.05, 3.63) is 34.9 Å². The first-order valence-corrected chi connectivity index (χ1v) is 11.2. The lowest BCUT2D eigenvalue weighted by atomic mass is 9.81. The number of rotatable bonds is 3. The molecule has 3 aliphatic rings. The van der Waals surface area contributed by atoms with Gasteiger partial charge >= 0.3 is 6.09 Å². The molecule has 1 aliphatic carbocycles. The number of nitrogens with zero attached hydrogens (tertiary/aromatic N) is 3. The highest BCUT2D eigenvalue weighted by Gasteiger charge is 2.49. The Morgan fingerprint density at radius 3 is 2.55 bits per heavy atom. The lowest BCUT2D eigenvalue weighted by molar-refractivity contribution is -0.142. The smallest absolute Gasteiger partial charge is 0.409 e. The SMILES string of the molecule is COC(=O)N1CCN(C(=O)Cc2cccc(Cl)c2)[C@@H]2[C@@H](N3CC[C@H](O)C3)CCC[C@@H]21.Cl. The van der Waals surface area contributed by atoms with Crippen LogP contribution in [0.25, 0.3) is 0 Å². The molecule has 0 bridgehead atoms. The van der Waals surface area contributed by atoms with E-state index in [1.54, 1.807) is 11.0 Å². The minimum atomic E-state index is -0.325. The number of likely N-dealkylation sites (tertiary alicyclic amines) is 1. The predicted molar refractivity (Wildman–Crippen MR) is 121 cm³/mol. The van der Waals surface area contributed by atoms with Crippen LogP contribution in [0.15, 0.2) is 24.3 Å². The summed E-state index contributed by atoms with van der Waals surface area (Å²) in [6.45, 7) is 2.42. The Morgan fingerprint density at radius 2 is 1.87 bits per heavy atom. The Morgan fingerprint density at radius 1 is 1.13 bits per heavy atom. The van der Waals surface area contributed by atoms with Gasteiger partial charge in [0.2, 0.25) is 5.91 Å². The van der Waals surface area contributed by atoms with Crippen LogP contribution in [0.2, 0.25) is 5.02 Å². The predicted octanol–water partition coefficient (Wildman–Crippen LogP) is 2.57. The number of hydrogen-bond acceptors (Lipinski definition) is 5. The highest BCUT2D eigenvalue weighted by atomic mass is 35.5. The molecule has 0 radical (unpaired) electrons. The van der Waals surface area contributed by atoms with Gasteiger partial charge in [-0.2, -0.15) is 0 Å². The Labute approximate surface area is 194 Å². The van der Waals surface area contributed by atoms with Crippen LogP contribution in [0.3, 0.4) is 0 Å². The zero-order valence-corrected chi connectivity index (χ0v) is 19.4. The maximum absolute atomic E-state index is 13.4. The quantitative estimate of drug-likeness (QED) is 0.732. The van der Waals surface area contributed by atoms with Crippen LogP contribution in [-0.4, -0.2) is 89.3 Å². The highest BCUT2D eigenvalue weighted by molar-refractivity contribution is 6.30. The lowest BCUT2D eigenvalue weighted by Gasteiger charge is -2.54. The van der Waals surface area contributed by atoms with E-state index in [0.717, 1.165) is 37.8 Å². The molecule has 0 unspecified atom stereocenters. The number of benzene rings is 1. The van der Waals surface area contributed by atoms with Crippen LogP contribution in [0.5, 0.6) is 0 Å². The fraction of sp³-hybridized carbons (Fsp3) is 0.636. The van der Waals surface area contributed by atoms with Gasteiger partial charge in [-0.25, -0.2) is 4.79 Å². The third kappa shape index (κ3) is 5.11. The summed E-state index contributed by atoms with van der Waals surface area (Å²) in [7, 11) is 1.41. The van der Waals surface area contributed by atoms with Crippen molar-refractivity contribution < 1.29 is 19.4 Å². The lowest BCUT2D eigenvalue weighted by Crippen LogP contribution is -2.69. The molecule has 1 aromatic carbocycles. The van der Waals surface area contributed by atoms with E-state index in [1.807, 2.05) is 23.1 Å². The number of aliphatic hydroxyl groups is 1. The molecule has 2 aliphatic heterocycles. The highest BCUT2D eigenvalue weighted by Crippen LogP contribution is 2.35. The van der Waals surface area contributed by atoms with E-state index >= 15 is 0 Å². The summed E-state index contributed by atoms with van der Waals surface area (Å²) >= 11 is 6.10. The molecule has 2 amide bonds. The summed E-state index contributed by atoms with van der Waals surface area (Å²) in [4.78, 5) is 31.9. The standard InChI is InChI=1S/C22H30ClN3O4.ClH/c1-30-22(29)25-10-11-26(20(28)13-15-4-2-5-16(23)12-15)21-18(6-3-7-19(21)25)24-9-8-17(27)14-24;/h2,4-5,12,17-19,21,27H,3,6-11,13-14H2,1H3;1H/t17-,18-,19-,21+;/m0./s1. The van der Waals surface area contributed by atoms with Crippen molar-refractivity contribution >= 4 is 36.0 Å². The van der Waals surface area contributed by atoms with Crippen molar-refractivity contribution in [3.8, 4) is 0 Å². The fourth-order valence-corrected chi connectivity index (χ4v) is 5.66. The van der Waals surface area contributed by atoms with E-state index in [9.17, 15) is 14.7 Å². The summed E-state index contributed by atoms with van der Waals surface area (Å²) in [5, 5.41) is 10.7. The molecule has 4 rings (SSSR count). The van der Waals surface area contributed by atoms with Crippen molar-refractivity contribution in [2.75, 3.05) is 33.3 Å². The molecular formula is C22H31Cl2N3O4. The van der Waals surface area contributed by atoms with Gasteiger partial charge in [0.05, 0.1) is 31.7 Å². The van der Waals surface area contributed by atoms with Crippen molar-refractivity contribution in [2.45, 2.75) is 56.3 Å². The van der Waals surface area contributed by atoms with E-state index in [2.05, 4.69) is 4.90 Å². The van der Waals surface area contributed by atoms with Gasteiger partial charge in [0.15, 0.2) is 0 Å². The van der Waals surface area contributed by atoms with Gasteiger partial charge in [0, 0.05) is 37.2 Å². The van der Waals surface area contributed by atoms with Gasteiger partial charge < -0.3 is 19.6 Å². The normalized spacial score (nSPS) is 28.6. The molecule has 31 heavy (non-hydrogen) atoms. The average molecular weight is 472 g/mol. The van der Waals surface area contributed by atoms with Crippen molar-refractivity contribution in [3.63, 3.8) is 0 Å². The number of ether oxygens (including phenoxy) is 1. The van der Waals surface area contributed by atoms with E-state index in [-0.39, 0.29) is 55.1 Å². The minimum Gasteiger partial charge on any atom is -0.453 e. The number of amides is 2. The number of carbonyl (C=O) groups excluding carboxylic acids is 2. The van der Waals surface area contributed by atoms with E-state index in [0.29, 0.717) is 24.7 Å². The van der Waals surface area contributed by atoms with E-state index in [1.165, 1.54) is 7.11 Å². The third-order valence-electron chi connectivity index (χ3n) is 6.77. The average Bonchev–Trinajstić information content (AvgIpc) is 3.18. The number of β-amino-alcohol motifs (C(OH)–C–C–N with tert-alkyl or cyclic N) is 1. The second-order valence-corrected chi connectivity index (χ2v) is 8.99. The zero-order valence-electron chi connectivity index (χ0n) is 17.8. The maximum Gasteiger partial charge on any atom is 0.409 e. The second kappa shape index (κ2) is 10.4. The molecule has 7 nitrogen and oxygen atoms in total. The van der Waals surface area contributed by atoms with Crippen molar-refractivity contribution in [2.24, 2.45) is 0 Å². The summed E-state index contributed by atoms with van der Waals surface area (Å²) in [5.41, 5.74) is 0.892. The molecule has 1 saturated carbocycles. The molecule has 2 saturated heterocycles. The number of halogens is 2. The number of carbonyl (C=O) groups is 2. The Bertz CT molecular complexity index is 796. The Kier molecular flexibility index (Phi) is 8.08. The molecule has 0 aromatic heterocycles. The number of hydrogen-bond donors (Lipinski definition) is 1. The molecule has 3 fully saturated rings. The molecule has 2 heterocycles. The molecule has 1 aromatic rings. The molecule has 172 valence electrons. The number of aliphatic hydroxyl groups excluding tert-OH is 1. The Balaban J connectivity index is 0.00000272. The van der Waals surface area contributed by atoms with Gasteiger partial charge in [0.1, 0.15) is 0 Å². The molecule has 9 heteroatoms. The van der Waals surface area contributed by atoms with Crippen LogP contribution in [-0.2, 0) is 16.0 Å². The summed E-state index contributed by atoms with van der Waals surface area (Å²) in [6.07, 6.45) is 3.21. The maximum atomic E-state index is 13.4. The topological polar surface area (TPSA) is 73.3 Å². The van der Waals surface area contributed by atoms with Crippen LogP contribution in [0.1, 0.15) is 31.2 Å². The largest absolute Gasteiger partial charge is 0.453 e. The minimum absolute atomic E-state index is 0. The molecule has 0 spiro atoms. The van der Waals surface area contributed by atoms with E-state index in [4.69, 9.17) is 16.3 Å². The molecular weight excluding hydrogens is 441 g/mol. The van der Waals surface area contributed by atoms with Crippen molar-refractivity contribution in [1.82, 2.24) is 14.7 Å². The molecule has 4 atom stereocenters. The Hall–Kier alpha value is -1.54. The van der Waals surface area contributed by atoms with Gasteiger partial charge in [0.25, 0.3) is 0 Å². The van der Waals surface area contributed by atoms with Gasteiger partial charge in [-0.1, -0.05) is 23.7 Å². The zero-order chi connectivity index (χ0) is 21.3. The first kappa shape index (κ1) is 24.1. The summed E-state index contributed by atoms with van der Waals surface area (Å²) in [6, 6.07) is 7.39. The first-order chi connectivity index (χ1) is 14.5. The van der Waals surface area contributed by atoms with Crippen molar-refractivity contribution in [1.29, 1.82) is 0 Å². The monoisotopic (exact) mass is 471 g/mol. The van der Waals surface area contributed by atoms with Gasteiger partial charge in [-0.15, -0.1) is 12.4 Å². The first-order valence-electron chi connectivity index (χ1n) is 10.8. The summed E-state index contributed by atoms with van der Waals surface area (Å²) in [5.74, 6) is 0.0587. The van der Waals surface area contributed by atoms with Gasteiger partial charge in [-0.05, 0) is 43.4 Å². The van der Waals surface area contributed by atoms with Crippen LogP contribution >= 0.6 is 24.0 Å². The van der Waals surface area contributed by atoms with Crippen LogP contribution in [0.4, 0.5) is 4.79 Å². The second-order valence-electron chi connectivity index (χ2n) is 8.55. The fourth-order valence-electron chi connectivity index (χ4n) is 5.45. The summed E-state index contributed by atoms with van der Waals surface area (Å²) < 4.78 is 5.04. The molecule has 1 N–H and O–H groups in total. The van der Waals surface area contributed by atoms with Crippen LogP contribution in [0, 0.1) is 0 Å². The number of piperazine rings is 1. The van der Waals surface area contributed by atoms with Crippen LogP contribution < -0.4 is 0 Å².